The highest BCUT2D eigenvalue weighted by Gasteiger charge is 2.60. The van der Waals surface area contributed by atoms with Gasteiger partial charge in [0.15, 0.2) is 0 Å². The first kappa shape index (κ1) is 25.2. The van der Waals surface area contributed by atoms with Crippen molar-refractivity contribution in [1.82, 2.24) is 10.2 Å². The van der Waals surface area contributed by atoms with Gasteiger partial charge in [-0.1, -0.05) is 25.9 Å². The average Bonchev–Trinajstić information content (AvgIpc) is 3.39. The number of carbonyl (C=O) groups is 2. The number of likely N-dealkylation sites (N-methyl/N-ethyl adjacent to an activating group) is 1. The highest BCUT2D eigenvalue weighted by Crippen LogP contribution is 2.67. The highest BCUT2D eigenvalue weighted by molar-refractivity contribution is 5.85. The summed E-state index contributed by atoms with van der Waals surface area (Å²) in [6.07, 6.45) is 10.9. The Morgan fingerprint density at radius 2 is 1.86 bits per heavy atom. The summed E-state index contributed by atoms with van der Waals surface area (Å²) in [4.78, 5) is 31.9. The van der Waals surface area contributed by atoms with E-state index in [0.29, 0.717) is 41.5 Å². The minimum atomic E-state index is -0.355. The number of ketones is 1. The van der Waals surface area contributed by atoms with Gasteiger partial charge >= 0.3 is 6.09 Å². The first-order chi connectivity index (χ1) is 16.6. The molecular formula is C29H47N3O3. The summed E-state index contributed by atoms with van der Waals surface area (Å²) in [5.74, 6) is 4.33. The van der Waals surface area contributed by atoms with Crippen LogP contribution in [0.4, 0.5) is 4.79 Å². The summed E-state index contributed by atoms with van der Waals surface area (Å²) in [6, 6.07) is 0.335. The molecular weight excluding hydrogens is 438 g/mol. The molecule has 196 valence electrons. The lowest BCUT2D eigenvalue weighted by Crippen LogP contribution is -2.53. The van der Waals surface area contributed by atoms with E-state index in [-0.39, 0.29) is 11.5 Å². The fourth-order valence-corrected chi connectivity index (χ4v) is 9.49. The molecule has 1 N–H and O–H groups in total. The molecule has 1 saturated heterocycles. The highest BCUT2D eigenvalue weighted by atomic mass is 16.7. The minimum Gasteiger partial charge on any atom is -0.312 e. The van der Waals surface area contributed by atoms with E-state index in [0.717, 1.165) is 62.1 Å². The number of oxime groups is 1. The van der Waals surface area contributed by atoms with Gasteiger partial charge in [-0.25, -0.2) is 4.79 Å². The van der Waals surface area contributed by atoms with Crippen LogP contribution >= 0.6 is 0 Å². The zero-order valence-corrected chi connectivity index (χ0v) is 22.6. The van der Waals surface area contributed by atoms with Crippen LogP contribution in [0.3, 0.4) is 0 Å². The Balaban J connectivity index is 1.23. The molecule has 0 aromatic carbocycles. The summed E-state index contributed by atoms with van der Waals surface area (Å²) >= 11 is 0. The zero-order valence-electron chi connectivity index (χ0n) is 22.6. The SMILES string of the molecule is C/C(=N\OC(=O)N(C)CC1NCCC1C)[C@H]1CC[C@H]2[C@@H]3CC[C@@H]4CC(=O)CC[C@]4(C)[C@H]3CC[C@]12C. The summed E-state index contributed by atoms with van der Waals surface area (Å²) in [5.41, 5.74) is 1.58. The maximum absolute atomic E-state index is 12.6. The monoisotopic (exact) mass is 485 g/mol. The van der Waals surface area contributed by atoms with Crippen LogP contribution < -0.4 is 5.32 Å². The second kappa shape index (κ2) is 9.46. The molecule has 5 aliphatic rings. The molecule has 1 amide bonds. The molecule has 5 rings (SSSR count). The van der Waals surface area contributed by atoms with Crippen molar-refractivity contribution in [3.8, 4) is 0 Å². The zero-order chi connectivity index (χ0) is 25.0. The van der Waals surface area contributed by atoms with Crippen LogP contribution in [-0.2, 0) is 9.63 Å². The second-order valence-corrected chi connectivity index (χ2v) is 13.4. The fraction of sp³-hybridized carbons (Fsp3) is 0.897. The quantitative estimate of drug-likeness (QED) is 0.317. The van der Waals surface area contributed by atoms with Crippen LogP contribution in [0.2, 0.25) is 0 Å². The van der Waals surface area contributed by atoms with Crippen LogP contribution in [0, 0.1) is 46.3 Å². The Hall–Kier alpha value is -1.43. The first-order valence-electron chi connectivity index (χ1n) is 14.3. The number of amides is 1. The third-order valence-corrected chi connectivity index (χ3v) is 11.7. The van der Waals surface area contributed by atoms with Gasteiger partial charge in [-0.3, -0.25) is 9.63 Å². The normalized spacial score (nSPS) is 45.5. The minimum absolute atomic E-state index is 0.240. The van der Waals surface area contributed by atoms with E-state index in [4.69, 9.17) is 4.84 Å². The smallest absolute Gasteiger partial charge is 0.312 e. The largest absolute Gasteiger partial charge is 0.435 e. The van der Waals surface area contributed by atoms with Gasteiger partial charge in [-0.05, 0) is 105 Å². The molecule has 0 aromatic heterocycles. The van der Waals surface area contributed by atoms with Crippen molar-refractivity contribution in [2.75, 3.05) is 20.1 Å². The molecule has 2 unspecified atom stereocenters. The van der Waals surface area contributed by atoms with Gasteiger partial charge in [-0.15, -0.1) is 0 Å². The lowest BCUT2D eigenvalue weighted by atomic mass is 9.44. The van der Waals surface area contributed by atoms with Crippen LogP contribution in [0.1, 0.15) is 91.9 Å². The Kier molecular flexibility index (Phi) is 6.82. The van der Waals surface area contributed by atoms with Crippen molar-refractivity contribution in [3.63, 3.8) is 0 Å². The van der Waals surface area contributed by atoms with Crippen molar-refractivity contribution in [1.29, 1.82) is 0 Å². The van der Waals surface area contributed by atoms with E-state index >= 15 is 0 Å². The Labute approximate surface area is 212 Å². The Morgan fingerprint density at radius 3 is 2.60 bits per heavy atom. The summed E-state index contributed by atoms with van der Waals surface area (Å²) in [5, 5.41) is 7.90. The number of rotatable bonds is 4. The predicted octanol–water partition coefficient (Wildman–Crippen LogP) is 5.66. The van der Waals surface area contributed by atoms with E-state index in [2.05, 4.69) is 38.2 Å². The van der Waals surface area contributed by atoms with Crippen molar-refractivity contribution >= 4 is 17.6 Å². The van der Waals surface area contributed by atoms with Crippen LogP contribution in [0.5, 0.6) is 0 Å². The molecule has 9 atom stereocenters. The third kappa shape index (κ3) is 4.36. The molecule has 5 fully saturated rings. The van der Waals surface area contributed by atoms with E-state index < -0.39 is 0 Å². The number of hydrogen-bond acceptors (Lipinski definition) is 5. The van der Waals surface area contributed by atoms with Gasteiger partial charge in [0, 0.05) is 38.4 Å². The van der Waals surface area contributed by atoms with Crippen molar-refractivity contribution in [2.24, 2.45) is 51.5 Å². The Morgan fingerprint density at radius 1 is 1.09 bits per heavy atom. The van der Waals surface area contributed by atoms with Crippen molar-refractivity contribution in [2.45, 2.75) is 97.9 Å². The lowest BCUT2D eigenvalue weighted by Gasteiger charge is -2.60. The molecule has 0 spiro atoms. The molecule has 0 bridgehead atoms. The number of nitrogens with zero attached hydrogens (tertiary/aromatic N) is 2. The van der Waals surface area contributed by atoms with Gasteiger partial charge in [0.05, 0.1) is 5.71 Å². The Bertz CT molecular complexity index is 873. The third-order valence-electron chi connectivity index (χ3n) is 11.7. The average molecular weight is 486 g/mol. The molecule has 6 nitrogen and oxygen atoms in total. The van der Waals surface area contributed by atoms with E-state index in [9.17, 15) is 9.59 Å². The van der Waals surface area contributed by atoms with Gasteiger partial charge in [0.25, 0.3) is 0 Å². The van der Waals surface area contributed by atoms with Gasteiger partial charge < -0.3 is 10.2 Å². The van der Waals surface area contributed by atoms with Crippen molar-refractivity contribution < 1.29 is 14.4 Å². The van der Waals surface area contributed by atoms with Gasteiger partial charge in [0.2, 0.25) is 0 Å². The van der Waals surface area contributed by atoms with Gasteiger partial charge in [-0.2, -0.15) is 0 Å². The fourth-order valence-electron chi connectivity index (χ4n) is 9.49. The summed E-state index contributed by atoms with van der Waals surface area (Å²) in [7, 11) is 1.81. The van der Waals surface area contributed by atoms with Crippen LogP contribution in [-0.4, -0.2) is 48.7 Å². The first-order valence-corrected chi connectivity index (χ1v) is 14.3. The molecule has 0 aromatic rings. The maximum Gasteiger partial charge on any atom is 0.435 e. The van der Waals surface area contributed by atoms with E-state index in [1.807, 2.05) is 7.05 Å². The predicted molar refractivity (Wildman–Crippen MR) is 138 cm³/mol. The van der Waals surface area contributed by atoms with E-state index in [1.54, 1.807) is 4.90 Å². The lowest BCUT2D eigenvalue weighted by molar-refractivity contribution is -0.138. The number of nitrogens with one attached hydrogen (secondary N) is 1. The standard InChI is InChI=1S/C29H47N3O3/c1-18-12-15-30-26(18)17-32(5)27(34)35-31-19(2)23-8-9-24-22-7-6-20-16-21(33)10-13-28(20,3)25(22)11-14-29(23,24)4/h18,20,22-26,30H,6-17H2,1-5H3/b31-19+/t18?,20-,22+,23-,24+,25+,26?,28+,29-/m1/s1. The summed E-state index contributed by atoms with van der Waals surface area (Å²) < 4.78 is 0. The molecule has 4 saturated carbocycles. The molecule has 1 aliphatic heterocycles. The summed E-state index contributed by atoms with van der Waals surface area (Å²) in [6.45, 7) is 11.0. The van der Waals surface area contributed by atoms with Crippen LogP contribution in [0.15, 0.2) is 5.16 Å². The number of carbonyl (C=O) groups excluding carboxylic acids is 2. The number of fused-ring (bicyclic) bond motifs is 5. The van der Waals surface area contributed by atoms with Crippen LogP contribution in [0.25, 0.3) is 0 Å². The number of hydrogen-bond donors (Lipinski definition) is 1. The molecule has 1 heterocycles. The molecule has 4 aliphatic carbocycles. The van der Waals surface area contributed by atoms with Crippen molar-refractivity contribution in [3.05, 3.63) is 0 Å². The molecule has 35 heavy (non-hydrogen) atoms. The number of Topliss-reactive ketones (excluding diaryl/α,β-unsaturated/α-hetero) is 1. The van der Waals surface area contributed by atoms with Gasteiger partial charge in [0.1, 0.15) is 5.78 Å². The topological polar surface area (TPSA) is 71.0 Å². The maximum atomic E-state index is 12.6. The molecule has 0 radical (unpaired) electrons. The molecule has 6 heteroatoms. The van der Waals surface area contributed by atoms with E-state index in [1.165, 1.54) is 32.1 Å². The second-order valence-electron chi connectivity index (χ2n) is 13.4.